The Hall–Kier alpha value is -3.80. The van der Waals surface area contributed by atoms with E-state index in [0.29, 0.717) is 22.3 Å². The van der Waals surface area contributed by atoms with Crippen molar-refractivity contribution in [1.82, 2.24) is 0 Å². The summed E-state index contributed by atoms with van der Waals surface area (Å²) in [6, 6.07) is 17.7. The first kappa shape index (κ1) is 16.7. The zero-order valence-electron chi connectivity index (χ0n) is 14.5. The fourth-order valence-corrected chi connectivity index (χ4v) is 2.74. The van der Waals surface area contributed by atoms with Crippen molar-refractivity contribution < 1.29 is 18.4 Å². The number of carbonyl (C=O) groups is 2. The maximum atomic E-state index is 12.8. The van der Waals surface area contributed by atoms with Crippen LogP contribution in [0.1, 0.15) is 26.7 Å². The van der Waals surface area contributed by atoms with Gasteiger partial charge in [0.15, 0.2) is 5.76 Å². The molecule has 134 valence electrons. The highest BCUT2D eigenvalue weighted by Crippen LogP contribution is 2.32. The Bertz CT molecular complexity index is 1110. The van der Waals surface area contributed by atoms with Crippen LogP contribution in [0.2, 0.25) is 0 Å². The van der Waals surface area contributed by atoms with E-state index in [0.717, 1.165) is 5.56 Å². The van der Waals surface area contributed by atoms with Crippen molar-refractivity contribution in [3.05, 3.63) is 84.0 Å². The van der Waals surface area contributed by atoms with Gasteiger partial charge in [-0.05, 0) is 43.3 Å². The van der Waals surface area contributed by atoms with E-state index >= 15 is 0 Å². The van der Waals surface area contributed by atoms with Gasteiger partial charge in [0.05, 0.1) is 6.26 Å². The maximum Gasteiger partial charge on any atom is 0.293 e. The molecule has 0 saturated carbocycles. The number of hydrogen-bond acceptors (Lipinski definition) is 4. The monoisotopic (exact) mass is 360 g/mol. The van der Waals surface area contributed by atoms with Gasteiger partial charge in [0.25, 0.3) is 11.8 Å². The molecule has 6 heteroatoms. The van der Waals surface area contributed by atoms with Crippen LogP contribution in [-0.2, 0) is 0 Å². The van der Waals surface area contributed by atoms with Gasteiger partial charge in [-0.25, -0.2) is 0 Å². The molecule has 2 N–H and O–H groups in total. The van der Waals surface area contributed by atoms with E-state index in [1.54, 1.807) is 42.5 Å². The average molecular weight is 360 g/mol. The van der Waals surface area contributed by atoms with Crippen molar-refractivity contribution in [1.29, 1.82) is 0 Å². The van der Waals surface area contributed by atoms with E-state index in [2.05, 4.69) is 10.6 Å². The Morgan fingerprint density at radius 3 is 2.37 bits per heavy atom. The third-order valence-electron chi connectivity index (χ3n) is 4.09. The summed E-state index contributed by atoms with van der Waals surface area (Å²) in [4.78, 5) is 25.2. The number of aryl methyl sites for hydroxylation is 1. The normalized spacial score (nSPS) is 10.7. The van der Waals surface area contributed by atoms with Crippen molar-refractivity contribution in [2.75, 3.05) is 10.6 Å². The third-order valence-corrected chi connectivity index (χ3v) is 4.09. The summed E-state index contributed by atoms with van der Waals surface area (Å²) < 4.78 is 10.8. The van der Waals surface area contributed by atoms with Crippen LogP contribution < -0.4 is 10.6 Å². The number of benzene rings is 2. The highest BCUT2D eigenvalue weighted by Gasteiger charge is 2.23. The molecule has 0 fully saturated rings. The van der Waals surface area contributed by atoms with E-state index in [4.69, 9.17) is 8.83 Å². The summed E-state index contributed by atoms with van der Waals surface area (Å²) in [7, 11) is 0. The van der Waals surface area contributed by atoms with Crippen molar-refractivity contribution in [3.63, 3.8) is 0 Å². The van der Waals surface area contributed by atoms with Crippen LogP contribution >= 0.6 is 0 Å². The molecule has 2 heterocycles. The first-order chi connectivity index (χ1) is 13.1. The summed E-state index contributed by atoms with van der Waals surface area (Å²) in [6.07, 6.45) is 1.41. The number of hydrogen-bond donors (Lipinski definition) is 2. The molecule has 2 amide bonds. The molecule has 0 unspecified atom stereocenters. The van der Waals surface area contributed by atoms with Gasteiger partial charge in [-0.3, -0.25) is 9.59 Å². The van der Waals surface area contributed by atoms with E-state index in [9.17, 15) is 9.59 Å². The van der Waals surface area contributed by atoms with Gasteiger partial charge in [0.2, 0.25) is 5.76 Å². The van der Waals surface area contributed by atoms with Crippen molar-refractivity contribution in [3.8, 4) is 0 Å². The quantitative estimate of drug-likeness (QED) is 0.545. The second kappa shape index (κ2) is 6.84. The fraction of sp³-hybridized carbons (Fsp3) is 0.0476. The number of carbonyl (C=O) groups excluding carboxylic acids is 2. The number of rotatable bonds is 4. The average Bonchev–Trinajstić information content (AvgIpc) is 3.32. The van der Waals surface area contributed by atoms with E-state index in [1.807, 2.05) is 25.1 Å². The lowest BCUT2D eigenvalue weighted by atomic mass is 10.2. The minimum atomic E-state index is -0.462. The number of furan rings is 2. The molecule has 0 atom stereocenters. The van der Waals surface area contributed by atoms with Gasteiger partial charge in [0.1, 0.15) is 11.3 Å². The Morgan fingerprint density at radius 1 is 0.852 bits per heavy atom. The van der Waals surface area contributed by atoms with Gasteiger partial charge >= 0.3 is 0 Å². The molecule has 4 aromatic rings. The number of anilines is 2. The molecule has 6 nitrogen and oxygen atoms in total. The molecule has 0 bridgehead atoms. The van der Waals surface area contributed by atoms with Crippen LogP contribution in [0.15, 0.2) is 75.8 Å². The van der Waals surface area contributed by atoms with Crippen molar-refractivity contribution in [2.24, 2.45) is 0 Å². The Kier molecular flexibility index (Phi) is 4.22. The summed E-state index contributed by atoms with van der Waals surface area (Å²) in [5, 5.41) is 6.14. The lowest BCUT2D eigenvalue weighted by molar-refractivity contribution is 0.0996. The third kappa shape index (κ3) is 3.32. The fourth-order valence-electron chi connectivity index (χ4n) is 2.74. The summed E-state index contributed by atoms with van der Waals surface area (Å²) >= 11 is 0. The molecular weight excluding hydrogens is 344 g/mol. The molecule has 0 radical (unpaired) electrons. The van der Waals surface area contributed by atoms with Crippen LogP contribution in [-0.4, -0.2) is 11.8 Å². The van der Waals surface area contributed by atoms with Gasteiger partial charge in [-0.15, -0.1) is 0 Å². The SMILES string of the molecule is Cc1ccc(NC(=O)c2oc3ccccc3c2NC(=O)c2ccco2)cc1. The standard InChI is InChI=1S/C21H16N2O4/c1-13-8-10-14(11-9-13)22-21(25)19-18(15-5-2-3-6-16(15)27-19)23-20(24)17-7-4-12-26-17/h2-12H,1H3,(H,22,25)(H,23,24). The maximum absolute atomic E-state index is 12.8. The summed E-state index contributed by atoms with van der Waals surface area (Å²) in [5.41, 5.74) is 2.52. The van der Waals surface area contributed by atoms with E-state index < -0.39 is 11.8 Å². The van der Waals surface area contributed by atoms with Crippen LogP contribution in [0.25, 0.3) is 11.0 Å². The van der Waals surface area contributed by atoms with Crippen molar-refractivity contribution >= 4 is 34.2 Å². The number of nitrogens with one attached hydrogen (secondary N) is 2. The van der Waals surface area contributed by atoms with E-state index in [-0.39, 0.29) is 11.5 Å². The Morgan fingerprint density at radius 2 is 1.63 bits per heavy atom. The minimum Gasteiger partial charge on any atom is -0.459 e. The number of para-hydroxylation sites is 1. The molecule has 2 aromatic carbocycles. The van der Waals surface area contributed by atoms with Crippen LogP contribution in [0.4, 0.5) is 11.4 Å². The first-order valence-corrected chi connectivity index (χ1v) is 8.36. The first-order valence-electron chi connectivity index (χ1n) is 8.36. The van der Waals surface area contributed by atoms with Crippen LogP contribution in [0, 0.1) is 6.92 Å². The van der Waals surface area contributed by atoms with E-state index in [1.165, 1.54) is 6.26 Å². The van der Waals surface area contributed by atoms with Gasteiger partial charge in [-0.2, -0.15) is 0 Å². The molecule has 0 aliphatic carbocycles. The lowest BCUT2D eigenvalue weighted by Crippen LogP contribution is -2.16. The predicted octanol–water partition coefficient (Wildman–Crippen LogP) is 4.84. The Labute approximate surface area is 154 Å². The predicted molar refractivity (Wildman–Crippen MR) is 102 cm³/mol. The molecule has 0 spiro atoms. The molecule has 27 heavy (non-hydrogen) atoms. The molecule has 0 aliphatic rings. The molecule has 0 aliphatic heterocycles. The largest absolute Gasteiger partial charge is 0.459 e. The lowest BCUT2D eigenvalue weighted by Gasteiger charge is -2.06. The van der Waals surface area contributed by atoms with Crippen LogP contribution in [0.5, 0.6) is 0 Å². The highest BCUT2D eigenvalue weighted by molar-refractivity contribution is 6.16. The minimum absolute atomic E-state index is 0.0247. The Balaban J connectivity index is 1.70. The van der Waals surface area contributed by atoms with Crippen LogP contribution in [0.3, 0.4) is 0 Å². The summed E-state index contributed by atoms with van der Waals surface area (Å²) in [6.45, 7) is 1.97. The molecular formula is C21H16N2O4. The topological polar surface area (TPSA) is 84.5 Å². The molecule has 4 rings (SSSR count). The summed E-state index contributed by atoms with van der Waals surface area (Å²) in [5.74, 6) is -0.748. The van der Waals surface area contributed by atoms with Gasteiger partial charge in [0, 0.05) is 11.1 Å². The number of fused-ring (bicyclic) bond motifs is 1. The second-order valence-corrected chi connectivity index (χ2v) is 6.05. The van der Waals surface area contributed by atoms with Gasteiger partial charge < -0.3 is 19.5 Å². The zero-order valence-corrected chi connectivity index (χ0v) is 14.5. The smallest absolute Gasteiger partial charge is 0.293 e. The molecule has 0 saturated heterocycles. The van der Waals surface area contributed by atoms with Crippen molar-refractivity contribution in [2.45, 2.75) is 6.92 Å². The zero-order chi connectivity index (χ0) is 18.8. The van der Waals surface area contributed by atoms with Gasteiger partial charge in [-0.1, -0.05) is 29.8 Å². The molecule has 2 aromatic heterocycles. The highest BCUT2D eigenvalue weighted by atomic mass is 16.4. The second-order valence-electron chi connectivity index (χ2n) is 6.05. The number of amides is 2.